The predicted molar refractivity (Wildman–Crippen MR) is 65.1 cm³/mol. The highest BCUT2D eigenvalue weighted by Crippen LogP contribution is 2.27. The summed E-state index contributed by atoms with van der Waals surface area (Å²) in [5, 5.41) is 3.84. The summed E-state index contributed by atoms with van der Waals surface area (Å²) in [4.78, 5) is 2.70. The van der Waals surface area contributed by atoms with Gasteiger partial charge in [0.15, 0.2) is 0 Å². The molecule has 2 saturated heterocycles. The fraction of sp³-hybridized carbons (Fsp3) is 1.00. The van der Waals surface area contributed by atoms with E-state index in [1.54, 1.807) is 0 Å². The fourth-order valence-corrected chi connectivity index (χ4v) is 2.97. The lowest BCUT2D eigenvalue weighted by molar-refractivity contribution is 0.174. The van der Waals surface area contributed by atoms with Crippen LogP contribution in [-0.4, -0.2) is 36.1 Å². The molecular weight excluding hydrogens is 184 g/mol. The minimum absolute atomic E-state index is 0.664. The van der Waals surface area contributed by atoms with E-state index in [-0.39, 0.29) is 0 Å². The highest BCUT2D eigenvalue weighted by Gasteiger charge is 2.35. The molecule has 2 rings (SSSR count). The van der Waals surface area contributed by atoms with Crippen molar-refractivity contribution in [1.82, 2.24) is 10.2 Å². The van der Waals surface area contributed by atoms with Gasteiger partial charge in [-0.3, -0.25) is 4.90 Å². The number of piperidine rings is 1. The molecule has 2 heteroatoms. The van der Waals surface area contributed by atoms with Gasteiger partial charge in [-0.15, -0.1) is 0 Å². The molecule has 0 bridgehead atoms. The summed E-state index contributed by atoms with van der Waals surface area (Å²) < 4.78 is 0. The van der Waals surface area contributed by atoms with Crippen LogP contribution in [0.4, 0.5) is 0 Å². The molecule has 3 atom stereocenters. The van der Waals surface area contributed by atoms with E-state index < -0.39 is 0 Å². The Morgan fingerprint density at radius 2 is 1.87 bits per heavy atom. The molecule has 0 spiro atoms. The Hall–Kier alpha value is -0.0800. The summed E-state index contributed by atoms with van der Waals surface area (Å²) in [6.07, 6.45) is 5.64. The lowest BCUT2D eigenvalue weighted by Gasteiger charge is -2.34. The molecule has 3 unspecified atom stereocenters. The third-order valence-electron chi connectivity index (χ3n) is 4.33. The van der Waals surface area contributed by atoms with Crippen molar-refractivity contribution in [3.63, 3.8) is 0 Å². The maximum atomic E-state index is 3.84. The summed E-state index contributed by atoms with van der Waals surface area (Å²) in [5.41, 5.74) is 0. The maximum Gasteiger partial charge on any atom is 0.0249 e. The van der Waals surface area contributed by atoms with Crippen molar-refractivity contribution in [2.45, 2.75) is 64.6 Å². The second kappa shape index (κ2) is 4.84. The second-order valence-corrected chi connectivity index (χ2v) is 5.69. The van der Waals surface area contributed by atoms with Gasteiger partial charge in [0.25, 0.3) is 0 Å². The van der Waals surface area contributed by atoms with Crippen LogP contribution in [0.3, 0.4) is 0 Å². The van der Waals surface area contributed by atoms with Crippen molar-refractivity contribution in [2.24, 2.45) is 5.92 Å². The molecule has 0 aromatic rings. The van der Waals surface area contributed by atoms with Crippen molar-refractivity contribution in [3.05, 3.63) is 0 Å². The molecule has 2 fully saturated rings. The standard InChI is InChI=1S/C13H26N2/c1-10(2)11(3)14-12-7-9-15-8-5-4-6-13(12)15/h10-14H,4-9H2,1-3H3. The lowest BCUT2D eigenvalue weighted by Crippen LogP contribution is -2.48. The summed E-state index contributed by atoms with van der Waals surface area (Å²) in [6, 6.07) is 2.28. The molecule has 0 aliphatic carbocycles. The lowest BCUT2D eigenvalue weighted by atomic mass is 9.97. The van der Waals surface area contributed by atoms with E-state index >= 15 is 0 Å². The minimum atomic E-state index is 0.664. The van der Waals surface area contributed by atoms with Crippen LogP contribution in [0.25, 0.3) is 0 Å². The molecule has 0 radical (unpaired) electrons. The molecule has 2 heterocycles. The first-order chi connectivity index (χ1) is 7.18. The zero-order chi connectivity index (χ0) is 10.8. The van der Waals surface area contributed by atoms with Gasteiger partial charge in [-0.25, -0.2) is 0 Å². The van der Waals surface area contributed by atoms with Crippen LogP contribution in [-0.2, 0) is 0 Å². The van der Waals surface area contributed by atoms with E-state index in [1.165, 1.54) is 38.8 Å². The number of nitrogens with zero attached hydrogens (tertiary/aromatic N) is 1. The third-order valence-corrected chi connectivity index (χ3v) is 4.33. The van der Waals surface area contributed by atoms with Gasteiger partial charge in [0.1, 0.15) is 0 Å². The van der Waals surface area contributed by atoms with Gasteiger partial charge in [-0.1, -0.05) is 20.3 Å². The van der Waals surface area contributed by atoms with E-state index in [4.69, 9.17) is 0 Å². The Bertz CT molecular complexity index is 203. The minimum Gasteiger partial charge on any atom is -0.310 e. The van der Waals surface area contributed by atoms with Gasteiger partial charge >= 0.3 is 0 Å². The van der Waals surface area contributed by atoms with E-state index in [9.17, 15) is 0 Å². The quantitative estimate of drug-likeness (QED) is 0.768. The molecular formula is C13H26N2. The maximum absolute atomic E-state index is 3.84. The van der Waals surface area contributed by atoms with Crippen LogP contribution in [0.15, 0.2) is 0 Å². The van der Waals surface area contributed by atoms with Gasteiger partial charge in [-0.2, -0.15) is 0 Å². The van der Waals surface area contributed by atoms with Crippen molar-refractivity contribution in [1.29, 1.82) is 0 Å². The van der Waals surface area contributed by atoms with Crippen LogP contribution in [0.2, 0.25) is 0 Å². The first-order valence-corrected chi connectivity index (χ1v) is 6.68. The number of fused-ring (bicyclic) bond motifs is 1. The number of nitrogens with one attached hydrogen (secondary N) is 1. The zero-order valence-corrected chi connectivity index (χ0v) is 10.5. The smallest absolute Gasteiger partial charge is 0.0249 e. The SMILES string of the molecule is CC(C)C(C)NC1CCN2CCCCC12. The first kappa shape index (κ1) is 11.4. The zero-order valence-electron chi connectivity index (χ0n) is 10.5. The molecule has 0 aromatic carbocycles. The predicted octanol–water partition coefficient (Wildman–Crippen LogP) is 2.25. The van der Waals surface area contributed by atoms with Crippen LogP contribution in [0, 0.1) is 5.92 Å². The van der Waals surface area contributed by atoms with Crippen LogP contribution in [0.1, 0.15) is 46.5 Å². The van der Waals surface area contributed by atoms with Crippen molar-refractivity contribution >= 4 is 0 Å². The molecule has 1 N–H and O–H groups in total. The monoisotopic (exact) mass is 210 g/mol. The fourth-order valence-electron chi connectivity index (χ4n) is 2.97. The van der Waals surface area contributed by atoms with Gasteiger partial charge in [-0.05, 0) is 38.6 Å². The summed E-state index contributed by atoms with van der Waals surface area (Å²) in [7, 11) is 0. The Balaban J connectivity index is 1.87. The molecule has 2 nitrogen and oxygen atoms in total. The average Bonchev–Trinajstić information content (AvgIpc) is 2.62. The molecule has 0 aromatic heterocycles. The highest BCUT2D eigenvalue weighted by molar-refractivity contribution is 4.95. The third kappa shape index (κ3) is 2.54. The van der Waals surface area contributed by atoms with E-state index in [2.05, 4.69) is 31.0 Å². The highest BCUT2D eigenvalue weighted by atomic mass is 15.2. The average molecular weight is 210 g/mol. The number of hydrogen-bond acceptors (Lipinski definition) is 2. The van der Waals surface area contributed by atoms with Crippen molar-refractivity contribution in [2.75, 3.05) is 13.1 Å². The first-order valence-electron chi connectivity index (χ1n) is 6.68. The van der Waals surface area contributed by atoms with Crippen LogP contribution < -0.4 is 5.32 Å². The van der Waals surface area contributed by atoms with E-state index in [1.807, 2.05) is 0 Å². The van der Waals surface area contributed by atoms with E-state index in [0.29, 0.717) is 6.04 Å². The van der Waals surface area contributed by atoms with Gasteiger partial charge < -0.3 is 5.32 Å². The number of rotatable bonds is 3. The normalized spacial score (nSPS) is 34.4. The molecule has 2 aliphatic rings. The Labute approximate surface area is 94.4 Å². The number of hydrogen-bond donors (Lipinski definition) is 1. The van der Waals surface area contributed by atoms with Gasteiger partial charge in [0.2, 0.25) is 0 Å². The molecule has 2 aliphatic heterocycles. The molecule has 88 valence electrons. The summed E-state index contributed by atoms with van der Waals surface area (Å²) in [5.74, 6) is 0.752. The van der Waals surface area contributed by atoms with Crippen molar-refractivity contribution < 1.29 is 0 Å². The Kier molecular flexibility index (Phi) is 3.68. The molecule has 0 saturated carbocycles. The summed E-state index contributed by atoms with van der Waals surface area (Å²) >= 11 is 0. The topological polar surface area (TPSA) is 15.3 Å². The van der Waals surface area contributed by atoms with Crippen LogP contribution in [0.5, 0.6) is 0 Å². The summed E-state index contributed by atoms with van der Waals surface area (Å²) in [6.45, 7) is 9.62. The molecule has 0 amide bonds. The van der Waals surface area contributed by atoms with E-state index in [0.717, 1.165) is 18.0 Å². The Morgan fingerprint density at radius 1 is 1.07 bits per heavy atom. The van der Waals surface area contributed by atoms with Crippen LogP contribution >= 0.6 is 0 Å². The molecule has 15 heavy (non-hydrogen) atoms. The second-order valence-electron chi connectivity index (χ2n) is 5.69. The largest absolute Gasteiger partial charge is 0.310 e. The van der Waals surface area contributed by atoms with Gasteiger partial charge in [0, 0.05) is 24.7 Å². The van der Waals surface area contributed by atoms with Crippen molar-refractivity contribution in [3.8, 4) is 0 Å². The van der Waals surface area contributed by atoms with Gasteiger partial charge in [0.05, 0.1) is 0 Å². The Morgan fingerprint density at radius 3 is 2.60 bits per heavy atom.